The molecule has 0 unspecified atom stereocenters. The van der Waals surface area contributed by atoms with Crippen LogP contribution in [0.1, 0.15) is 35.9 Å². The first-order valence-electron chi connectivity index (χ1n) is 8.62. The average molecular weight is 327 g/mol. The summed E-state index contributed by atoms with van der Waals surface area (Å²) in [4.78, 5) is 19.6. The maximum atomic E-state index is 12.8. The number of aryl methyl sites for hydroxylation is 1. The fourth-order valence-corrected chi connectivity index (χ4v) is 3.40. The molecule has 2 aromatic rings. The number of carbonyl (C=O) groups is 1. The largest absolute Gasteiger partial charge is 0.497 e. The number of benzene rings is 1. The Morgan fingerprint density at radius 1 is 1.42 bits per heavy atom. The fourth-order valence-electron chi connectivity index (χ4n) is 3.40. The van der Waals surface area contributed by atoms with Crippen molar-refractivity contribution in [3.8, 4) is 5.75 Å². The average Bonchev–Trinajstić information content (AvgIpc) is 3.08. The first-order valence-corrected chi connectivity index (χ1v) is 8.62. The zero-order chi connectivity index (χ0) is 16.9. The number of likely N-dealkylation sites (tertiary alicyclic amines) is 1. The summed E-state index contributed by atoms with van der Waals surface area (Å²) in [6.07, 6.45) is 5.86. The number of ether oxygens (including phenoxy) is 1. The Morgan fingerprint density at radius 2 is 2.29 bits per heavy atom. The van der Waals surface area contributed by atoms with Crippen LogP contribution in [0.3, 0.4) is 0 Å². The number of imidazole rings is 1. The van der Waals surface area contributed by atoms with Crippen LogP contribution < -0.4 is 4.74 Å². The molecular weight excluding hydrogens is 302 g/mol. The lowest BCUT2D eigenvalue weighted by atomic mass is 9.90. The molecule has 3 rings (SSSR count). The molecule has 0 N–H and O–H groups in total. The third-order valence-electron chi connectivity index (χ3n) is 4.74. The zero-order valence-corrected chi connectivity index (χ0v) is 14.4. The molecule has 1 fully saturated rings. The summed E-state index contributed by atoms with van der Waals surface area (Å²) in [5, 5.41) is 0. The molecule has 1 aliphatic heterocycles. The quantitative estimate of drug-likeness (QED) is 0.765. The van der Waals surface area contributed by atoms with Gasteiger partial charge in [-0.25, -0.2) is 4.98 Å². The van der Waals surface area contributed by atoms with Crippen LogP contribution in [0.25, 0.3) is 0 Å². The maximum absolute atomic E-state index is 12.8. The Balaban J connectivity index is 1.67. The maximum Gasteiger partial charge on any atom is 0.167 e. The van der Waals surface area contributed by atoms with Gasteiger partial charge in [0.25, 0.3) is 0 Å². The molecule has 1 atom stereocenters. The van der Waals surface area contributed by atoms with Crippen LogP contribution in [0.15, 0.2) is 36.7 Å². The smallest absolute Gasteiger partial charge is 0.167 e. The highest BCUT2D eigenvalue weighted by atomic mass is 16.5. The Morgan fingerprint density at radius 3 is 3.08 bits per heavy atom. The fraction of sp³-hybridized carbons (Fsp3) is 0.474. The molecule has 0 aliphatic carbocycles. The summed E-state index contributed by atoms with van der Waals surface area (Å²) in [6, 6.07) is 7.47. The van der Waals surface area contributed by atoms with Crippen molar-refractivity contribution in [2.24, 2.45) is 5.92 Å². The molecule has 2 heterocycles. The lowest BCUT2D eigenvalue weighted by molar-refractivity contribution is 0.0807. The number of Topliss-reactive ketones (excluding diaryl/α,β-unsaturated/α-hetero) is 1. The van der Waals surface area contributed by atoms with Crippen LogP contribution in [-0.2, 0) is 13.1 Å². The molecule has 24 heavy (non-hydrogen) atoms. The molecule has 1 aromatic carbocycles. The van der Waals surface area contributed by atoms with Gasteiger partial charge in [-0.2, -0.15) is 0 Å². The van der Waals surface area contributed by atoms with E-state index >= 15 is 0 Å². The van der Waals surface area contributed by atoms with Crippen LogP contribution in [0.4, 0.5) is 0 Å². The van der Waals surface area contributed by atoms with Crippen LogP contribution in [0.5, 0.6) is 5.75 Å². The van der Waals surface area contributed by atoms with Gasteiger partial charge in [0.05, 0.1) is 13.7 Å². The minimum atomic E-state index is 0.0518. The molecule has 128 valence electrons. The molecule has 0 radical (unpaired) electrons. The summed E-state index contributed by atoms with van der Waals surface area (Å²) < 4.78 is 7.40. The number of rotatable bonds is 6. The number of methoxy groups -OCH3 is 1. The van der Waals surface area contributed by atoms with Crippen molar-refractivity contribution >= 4 is 5.78 Å². The van der Waals surface area contributed by atoms with E-state index in [1.807, 2.05) is 36.7 Å². The highest BCUT2D eigenvalue weighted by Crippen LogP contribution is 2.24. The van der Waals surface area contributed by atoms with Gasteiger partial charge in [0, 0.05) is 37.0 Å². The van der Waals surface area contributed by atoms with E-state index in [1.165, 1.54) is 0 Å². The summed E-state index contributed by atoms with van der Waals surface area (Å²) in [5.74, 6) is 2.08. The molecule has 0 amide bonds. The van der Waals surface area contributed by atoms with Gasteiger partial charge >= 0.3 is 0 Å². The predicted molar refractivity (Wildman–Crippen MR) is 93.2 cm³/mol. The molecule has 1 saturated heterocycles. The number of carbonyl (C=O) groups excluding carboxylic acids is 1. The molecule has 5 nitrogen and oxygen atoms in total. The Bertz CT molecular complexity index is 695. The van der Waals surface area contributed by atoms with Gasteiger partial charge in [-0.1, -0.05) is 12.1 Å². The first-order chi connectivity index (χ1) is 11.7. The van der Waals surface area contributed by atoms with E-state index in [0.717, 1.165) is 56.2 Å². The first kappa shape index (κ1) is 16.7. The van der Waals surface area contributed by atoms with Crippen molar-refractivity contribution in [2.75, 3.05) is 20.2 Å². The van der Waals surface area contributed by atoms with Crippen LogP contribution in [-0.4, -0.2) is 40.4 Å². The summed E-state index contributed by atoms with van der Waals surface area (Å²) in [7, 11) is 1.63. The number of hydrogen-bond acceptors (Lipinski definition) is 4. The van der Waals surface area contributed by atoms with E-state index in [0.29, 0.717) is 0 Å². The molecule has 0 spiro atoms. The second-order valence-electron chi connectivity index (χ2n) is 6.30. The number of piperidine rings is 1. The van der Waals surface area contributed by atoms with Gasteiger partial charge in [-0.05, 0) is 38.4 Å². The monoisotopic (exact) mass is 327 g/mol. The van der Waals surface area contributed by atoms with E-state index in [-0.39, 0.29) is 11.7 Å². The normalized spacial score (nSPS) is 18.5. The second kappa shape index (κ2) is 7.62. The van der Waals surface area contributed by atoms with Crippen molar-refractivity contribution in [3.05, 3.63) is 48.0 Å². The lowest BCUT2D eigenvalue weighted by Crippen LogP contribution is -2.38. The number of hydrogen-bond donors (Lipinski definition) is 0. The van der Waals surface area contributed by atoms with Crippen molar-refractivity contribution in [3.63, 3.8) is 0 Å². The van der Waals surface area contributed by atoms with E-state index < -0.39 is 0 Å². The van der Waals surface area contributed by atoms with Crippen LogP contribution in [0.2, 0.25) is 0 Å². The zero-order valence-electron chi connectivity index (χ0n) is 14.4. The number of aromatic nitrogens is 2. The van der Waals surface area contributed by atoms with Crippen molar-refractivity contribution in [1.29, 1.82) is 0 Å². The van der Waals surface area contributed by atoms with Crippen molar-refractivity contribution in [2.45, 2.75) is 32.9 Å². The van der Waals surface area contributed by atoms with Gasteiger partial charge in [0.15, 0.2) is 5.78 Å². The van der Waals surface area contributed by atoms with Crippen LogP contribution >= 0.6 is 0 Å². The Hall–Kier alpha value is -2.14. The molecule has 0 bridgehead atoms. The number of ketones is 1. The minimum Gasteiger partial charge on any atom is -0.497 e. The minimum absolute atomic E-state index is 0.0518. The Kier molecular flexibility index (Phi) is 5.30. The van der Waals surface area contributed by atoms with Crippen LogP contribution in [0, 0.1) is 5.92 Å². The van der Waals surface area contributed by atoms with E-state index in [2.05, 4.69) is 21.4 Å². The molecule has 0 saturated carbocycles. The highest BCUT2D eigenvalue weighted by Gasteiger charge is 2.27. The van der Waals surface area contributed by atoms with Gasteiger partial charge in [-0.3, -0.25) is 9.69 Å². The Labute approximate surface area is 143 Å². The van der Waals surface area contributed by atoms with Gasteiger partial charge in [0.1, 0.15) is 11.6 Å². The molecular formula is C19H25N3O2. The highest BCUT2D eigenvalue weighted by molar-refractivity contribution is 5.98. The van der Waals surface area contributed by atoms with Gasteiger partial charge in [-0.15, -0.1) is 0 Å². The second-order valence-corrected chi connectivity index (χ2v) is 6.30. The van der Waals surface area contributed by atoms with Gasteiger partial charge in [0.2, 0.25) is 0 Å². The topological polar surface area (TPSA) is 47.4 Å². The van der Waals surface area contributed by atoms with Crippen molar-refractivity contribution < 1.29 is 9.53 Å². The summed E-state index contributed by atoms with van der Waals surface area (Å²) in [6.45, 7) is 5.68. The molecule has 5 heteroatoms. The summed E-state index contributed by atoms with van der Waals surface area (Å²) in [5.41, 5.74) is 0.747. The van der Waals surface area contributed by atoms with E-state index in [9.17, 15) is 4.79 Å². The summed E-state index contributed by atoms with van der Waals surface area (Å²) >= 11 is 0. The lowest BCUT2D eigenvalue weighted by Gasteiger charge is -2.31. The number of nitrogens with zero attached hydrogens (tertiary/aromatic N) is 3. The van der Waals surface area contributed by atoms with E-state index in [1.54, 1.807) is 7.11 Å². The van der Waals surface area contributed by atoms with Crippen molar-refractivity contribution in [1.82, 2.24) is 14.5 Å². The molecule has 1 aliphatic rings. The third-order valence-corrected chi connectivity index (χ3v) is 4.74. The SMILES string of the molecule is CCn1ccnc1CN1CCC[C@H](C(=O)c2cccc(OC)c2)C1. The third kappa shape index (κ3) is 3.67. The standard InChI is InChI=1S/C19H25N3O2/c1-3-22-11-9-20-18(22)14-21-10-5-7-16(13-21)19(23)15-6-4-8-17(12-15)24-2/h4,6,8-9,11-12,16H,3,5,7,10,13-14H2,1-2H3/t16-/m0/s1. The van der Waals surface area contributed by atoms with E-state index in [4.69, 9.17) is 4.74 Å². The molecule has 1 aromatic heterocycles. The predicted octanol–water partition coefficient (Wildman–Crippen LogP) is 3.01. The van der Waals surface area contributed by atoms with Gasteiger partial charge < -0.3 is 9.30 Å².